The van der Waals surface area contributed by atoms with Gasteiger partial charge in [-0.25, -0.2) is 0 Å². The van der Waals surface area contributed by atoms with Crippen LogP contribution in [0, 0.1) is 0 Å². The number of aryl methyl sites for hydroxylation is 1. The largest absolute Gasteiger partial charge is 0.352 e. The van der Waals surface area contributed by atoms with Crippen molar-refractivity contribution in [3.05, 3.63) is 75.2 Å². The van der Waals surface area contributed by atoms with E-state index in [1.807, 2.05) is 41.2 Å². The average molecular weight is 360 g/mol. The lowest BCUT2D eigenvalue weighted by atomic mass is 10.2. The quantitative estimate of drug-likeness (QED) is 0.695. The van der Waals surface area contributed by atoms with Crippen molar-refractivity contribution in [3.8, 4) is 0 Å². The highest BCUT2D eigenvalue weighted by atomic mass is 35.5. The third-order valence-corrected chi connectivity index (χ3v) is 4.88. The lowest BCUT2D eigenvalue weighted by Gasteiger charge is -2.03. The fourth-order valence-electron chi connectivity index (χ4n) is 2.37. The standard InChI is InChI=1S/C18H18ClN3OS/c19-17-8-6-16(24-17)7-9-18(23)20-10-15-11-21-22(13-15)12-14-4-2-1-3-5-14/h1-6,8,11,13H,7,9-10,12H2,(H,20,23). The number of carbonyl (C=O) groups excluding carboxylic acids is 1. The molecule has 0 saturated carbocycles. The van der Waals surface area contributed by atoms with Gasteiger partial charge in [0, 0.05) is 29.6 Å². The van der Waals surface area contributed by atoms with Gasteiger partial charge in [0.2, 0.25) is 5.91 Å². The molecule has 3 rings (SSSR count). The minimum atomic E-state index is 0.0373. The van der Waals surface area contributed by atoms with Gasteiger partial charge >= 0.3 is 0 Å². The summed E-state index contributed by atoms with van der Waals surface area (Å²) in [5.74, 6) is 0.0373. The van der Waals surface area contributed by atoms with E-state index >= 15 is 0 Å². The molecule has 0 bridgehead atoms. The number of benzene rings is 1. The molecule has 0 atom stereocenters. The molecule has 1 amide bonds. The molecule has 2 heterocycles. The highest BCUT2D eigenvalue weighted by Gasteiger charge is 2.06. The van der Waals surface area contributed by atoms with Gasteiger partial charge in [-0.15, -0.1) is 11.3 Å². The molecule has 0 radical (unpaired) electrons. The molecule has 0 saturated heterocycles. The van der Waals surface area contributed by atoms with Gasteiger partial charge in [0.25, 0.3) is 0 Å². The van der Waals surface area contributed by atoms with Gasteiger partial charge in [0.05, 0.1) is 17.1 Å². The Bertz CT molecular complexity index is 797. The molecule has 1 N–H and O–H groups in total. The van der Waals surface area contributed by atoms with Crippen molar-refractivity contribution in [2.24, 2.45) is 0 Å². The van der Waals surface area contributed by atoms with E-state index in [4.69, 9.17) is 11.6 Å². The first kappa shape index (κ1) is 16.7. The van der Waals surface area contributed by atoms with E-state index < -0.39 is 0 Å². The summed E-state index contributed by atoms with van der Waals surface area (Å²) >= 11 is 7.41. The predicted molar refractivity (Wildman–Crippen MR) is 97.3 cm³/mol. The van der Waals surface area contributed by atoms with E-state index in [0.29, 0.717) is 13.0 Å². The topological polar surface area (TPSA) is 46.9 Å². The Labute approximate surface area is 150 Å². The van der Waals surface area contributed by atoms with Crippen LogP contribution in [-0.4, -0.2) is 15.7 Å². The molecule has 1 aromatic carbocycles. The second-order valence-corrected chi connectivity index (χ2v) is 7.31. The Kier molecular flexibility index (Phi) is 5.67. The predicted octanol–water partition coefficient (Wildman–Crippen LogP) is 3.90. The zero-order valence-corrected chi connectivity index (χ0v) is 14.7. The van der Waals surface area contributed by atoms with Gasteiger partial charge in [-0.1, -0.05) is 41.9 Å². The van der Waals surface area contributed by atoms with Crippen LogP contribution in [0.3, 0.4) is 0 Å². The molecular weight excluding hydrogens is 342 g/mol. The molecular formula is C18H18ClN3OS. The fourth-order valence-corrected chi connectivity index (χ4v) is 3.45. The first-order valence-electron chi connectivity index (χ1n) is 7.75. The number of thiophene rings is 1. The van der Waals surface area contributed by atoms with Crippen LogP contribution in [0.1, 0.15) is 22.4 Å². The zero-order valence-electron chi connectivity index (χ0n) is 13.1. The minimum Gasteiger partial charge on any atom is -0.352 e. The van der Waals surface area contributed by atoms with Gasteiger partial charge in [-0.2, -0.15) is 5.10 Å². The molecule has 0 aliphatic rings. The van der Waals surface area contributed by atoms with Crippen LogP contribution in [0.5, 0.6) is 0 Å². The molecule has 0 spiro atoms. The van der Waals surface area contributed by atoms with Crippen LogP contribution < -0.4 is 5.32 Å². The van der Waals surface area contributed by atoms with Crippen molar-refractivity contribution >= 4 is 28.8 Å². The number of hydrogen-bond donors (Lipinski definition) is 1. The van der Waals surface area contributed by atoms with Crippen LogP contribution in [0.15, 0.2) is 54.9 Å². The first-order valence-corrected chi connectivity index (χ1v) is 8.94. The van der Waals surface area contributed by atoms with E-state index in [2.05, 4.69) is 22.5 Å². The number of rotatable bonds is 7. The Morgan fingerprint density at radius 1 is 1.17 bits per heavy atom. The van der Waals surface area contributed by atoms with Crippen molar-refractivity contribution in [1.82, 2.24) is 15.1 Å². The number of nitrogens with one attached hydrogen (secondary N) is 1. The lowest BCUT2D eigenvalue weighted by molar-refractivity contribution is -0.121. The number of hydrogen-bond acceptors (Lipinski definition) is 3. The van der Waals surface area contributed by atoms with Crippen molar-refractivity contribution < 1.29 is 4.79 Å². The second-order valence-electron chi connectivity index (χ2n) is 5.51. The first-order chi connectivity index (χ1) is 11.7. The molecule has 124 valence electrons. The third kappa shape index (κ3) is 4.94. The van der Waals surface area contributed by atoms with Crippen molar-refractivity contribution in [1.29, 1.82) is 0 Å². The molecule has 3 aromatic rings. The summed E-state index contributed by atoms with van der Waals surface area (Å²) in [6, 6.07) is 14.0. The van der Waals surface area contributed by atoms with E-state index in [-0.39, 0.29) is 5.91 Å². The SMILES string of the molecule is O=C(CCc1ccc(Cl)s1)NCc1cnn(Cc2ccccc2)c1. The third-order valence-electron chi connectivity index (χ3n) is 3.59. The van der Waals surface area contributed by atoms with Crippen LogP contribution in [0.25, 0.3) is 0 Å². The molecule has 0 aliphatic carbocycles. The van der Waals surface area contributed by atoms with E-state index in [9.17, 15) is 4.79 Å². The van der Waals surface area contributed by atoms with Gasteiger partial charge in [0.15, 0.2) is 0 Å². The molecule has 0 unspecified atom stereocenters. The number of aromatic nitrogens is 2. The van der Waals surface area contributed by atoms with Gasteiger partial charge in [-0.05, 0) is 24.1 Å². The van der Waals surface area contributed by atoms with Crippen molar-refractivity contribution in [2.45, 2.75) is 25.9 Å². The van der Waals surface area contributed by atoms with Gasteiger partial charge in [-0.3, -0.25) is 9.48 Å². The Balaban J connectivity index is 1.44. The smallest absolute Gasteiger partial charge is 0.220 e. The van der Waals surface area contributed by atoms with E-state index in [0.717, 1.165) is 27.7 Å². The summed E-state index contributed by atoms with van der Waals surface area (Å²) in [7, 11) is 0. The number of carbonyl (C=O) groups is 1. The lowest BCUT2D eigenvalue weighted by Crippen LogP contribution is -2.22. The minimum absolute atomic E-state index is 0.0373. The Morgan fingerprint density at radius 2 is 2.00 bits per heavy atom. The molecule has 0 fully saturated rings. The Morgan fingerprint density at radius 3 is 2.75 bits per heavy atom. The molecule has 6 heteroatoms. The molecule has 4 nitrogen and oxygen atoms in total. The second kappa shape index (κ2) is 8.13. The van der Waals surface area contributed by atoms with Gasteiger partial charge < -0.3 is 5.32 Å². The summed E-state index contributed by atoms with van der Waals surface area (Å²) in [6.45, 7) is 1.23. The number of amides is 1. The van der Waals surface area contributed by atoms with Gasteiger partial charge in [0.1, 0.15) is 0 Å². The number of nitrogens with zero attached hydrogens (tertiary/aromatic N) is 2. The van der Waals surface area contributed by atoms with Crippen LogP contribution >= 0.6 is 22.9 Å². The van der Waals surface area contributed by atoms with Crippen molar-refractivity contribution in [2.75, 3.05) is 0 Å². The maximum atomic E-state index is 11.9. The summed E-state index contributed by atoms with van der Waals surface area (Å²) in [6.07, 6.45) is 4.94. The summed E-state index contributed by atoms with van der Waals surface area (Å²) in [5.41, 5.74) is 2.20. The summed E-state index contributed by atoms with van der Waals surface area (Å²) < 4.78 is 2.64. The maximum Gasteiger partial charge on any atom is 0.220 e. The van der Waals surface area contributed by atoms with Crippen LogP contribution in [0.4, 0.5) is 0 Å². The summed E-state index contributed by atoms with van der Waals surface area (Å²) in [4.78, 5) is 13.1. The highest BCUT2D eigenvalue weighted by Crippen LogP contribution is 2.22. The molecule has 24 heavy (non-hydrogen) atoms. The van der Waals surface area contributed by atoms with Crippen LogP contribution in [0.2, 0.25) is 4.34 Å². The normalized spacial score (nSPS) is 10.7. The Hall–Kier alpha value is -2.11. The highest BCUT2D eigenvalue weighted by molar-refractivity contribution is 7.16. The summed E-state index contributed by atoms with van der Waals surface area (Å²) in [5, 5.41) is 7.27. The van der Waals surface area contributed by atoms with Crippen molar-refractivity contribution in [3.63, 3.8) is 0 Å². The van der Waals surface area contributed by atoms with E-state index in [1.54, 1.807) is 6.20 Å². The molecule has 2 aromatic heterocycles. The monoisotopic (exact) mass is 359 g/mol. The van der Waals surface area contributed by atoms with Crippen LogP contribution in [-0.2, 0) is 24.3 Å². The number of halogens is 1. The van der Waals surface area contributed by atoms with E-state index in [1.165, 1.54) is 16.9 Å². The zero-order chi connectivity index (χ0) is 16.8. The average Bonchev–Trinajstić information content (AvgIpc) is 3.21. The maximum absolute atomic E-state index is 11.9. The fraction of sp³-hybridized carbons (Fsp3) is 0.222. The molecule has 0 aliphatic heterocycles.